The van der Waals surface area contributed by atoms with Crippen molar-refractivity contribution in [1.82, 2.24) is 4.57 Å². The van der Waals surface area contributed by atoms with Crippen LogP contribution in [0.5, 0.6) is 0 Å². The molecule has 0 aliphatic rings. The van der Waals surface area contributed by atoms with Crippen LogP contribution in [-0.4, -0.2) is 23.7 Å². The molecule has 0 fully saturated rings. The summed E-state index contributed by atoms with van der Waals surface area (Å²) in [6, 6.07) is 8.10. The fourth-order valence-electron chi connectivity index (χ4n) is 1.85. The van der Waals surface area contributed by atoms with Crippen LogP contribution in [-0.2, 0) is 16.1 Å². The van der Waals surface area contributed by atoms with Gasteiger partial charge in [0.15, 0.2) is 4.80 Å². The van der Waals surface area contributed by atoms with E-state index in [1.807, 2.05) is 32.9 Å². The van der Waals surface area contributed by atoms with Crippen molar-refractivity contribution in [2.45, 2.75) is 27.3 Å². The van der Waals surface area contributed by atoms with Gasteiger partial charge in [0.2, 0.25) is 0 Å². The summed E-state index contributed by atoms with van der Waals surface area (Å²) < 4.78 is 8.62. The standard InChI is InChI=1S/C15H20N2O2S/c1-4-19-10-9-17-12-7-5-6-8-13(12)20-15(17)16-14(18)11(2)3/h5-8,11H,4,9-10H2,1-3H3. The maximum atomic E-state index is 11.9. The Bertz CT molecular complexity index is 655. The fraction of sp³-hybridized carbons (Fsp3) is 0.467. The third kappa shape index (κ3) is 3.35. The molecule has 0 saturated heterocycles. The lowest BCUT2D eigenvalue weighted by atomic mass is 10.2. The van der Waals surface area contributed by atoms with Gasteiger partial charge in [-0.2, -0.15) is 4.99 Å². The second-order valence-corrected chi connectivity index (χ2v) is 5.81. The molecule has 2 rings (SSSR count). The van der Waals surface area contributed by atoms with Gasteiger partial charge >= 0.3 is 0 Å². The quantitative estimate of drug-likeness (QED) is 0.795. The summed E-state index contributed by atoms with van der Waals surface area (Å²) in [7, 11) is 0. The number of rotatable bonds is 5. The van der Waals surface area contributed by atoms with Crippen molar-refractivity contribution in [1.29, 1.82) is 0 Å². The Morgan fingerprint density at radius 1 is 1.40 bits per heavy atom. The number of nitrogens with zero attached hydrogens (tertiary/aromatic N) is 2. The lowest BCUT2D eigenvalue weighted by Crippen LogP contribution is -2.20. The Morgan fingerprint density at radius 3 is 2.85 bits per heavy atom. The number of benzene rings is 1. The van der Waals surface area contributed by atoms with Crippen LogP contribution in [0.15, 0.2) is 29.3 Å². The number of thiazole rings is 1. The Hall–Kier alpha value is -1.46. The van der Waals surface area contributed by atoms with Gasteiger partial charge in [0, 0.05) is 19.1 Å². The second kappa shape index (κ2) is 6.81. The van der Waals surface area contributed by atoms with Gasteiger partial charge in [-0.05, 0) is 19.1 Å². The summed E-state index contributed by atoms with van der Waals surface area (Å²) >= 11 is 1.55. The zero-order chi connectivity index (χ0) is 14.5. The van der Waals surface area contributed by atoms with Gasteiger partial charge in [0.1, 0.15) is 0 Å². The third-order valence-corrected chi connectivity index (χ3v) is 4.01. The number of ether oxygens (including phenoxy) is 1. The highest BCUT2D eigenvalue weighted by Gasteiger charge is 2.09. The van der Waals surface area contributed by atoms with E-state index < -0.39 is 0 Å². The Morgan fingerprint density at radius 2 is 2.15 bits per heavy atom. The average Bonchev–Trinajstić information content (AvgIpc) is 2.77. The molecular weight excluding hydrogens is 272 g/mol. The summed E-state index contributed by atoms with van der Waals surface area (Å²) in [5, 5.41) is 0. The molecular formula is C15H20N2O2S. The van der Waals surface area contributed by atoms with Gasteiger partial charge in [-0.15, -0.1) is 0 Å². The molecule has 2 aromatic rings. The van der Waals surface area contributed by atoms with E-state index in [9.17, 15) is 4.79 Å². The number of fused-ring (bicyclic) bond motifs is 1. The lowest BCUT2D eigenvalue weighted by Gasteiger charge is -2.05. The first-order chi connectivity index (χ1) is 9.63. The van der Waals surface area contributed by atoms with Gasteiger partial charge in [-0.1, -0.05) is 37.3 Å². The fourth-order valence-corrected chi connectivity index (χ4v) is 2.91. The molecule has 108 valence electrons. The molecule has 0 aliphatic carbocycles. The largest absolute Gasteiger partial charge is 0.380 e. The first-order valence-corrected chi connectivity index (χ1v) is 7.69. The van der Waals surface area contributed by atoms with Gasteiger partial charge in [0.25, 0.3) is 5.91 Å². The Balaban J connectivity index is 2.46. The molecule has 0 aliphatic heterocycles. The molecule has 4 nitrogen and oxygen atoms in total. The number of carbonyl (C=O) groups excluding carboxylic acids is 1. The van der Waals surface area contributed by atoms with Crippen molar-refractivity contribution in [2.24, 2.45) is 10.9 Å². The molecule has 20 heavy (non-hydrogen) atoms. The first-order valence-electron chi connectivity index (χ1n) is 6.88. The number of hydrogen-bond acceptors (Lipinski definition) is 3. The maximum absolute atomic E-state index is 11.9. The number of para-hydroxylation sites is 1. The van der Waals surface area contributed by atoms with Crippen molar-refractivity contribution in [2.75, 3.05) is 13.2 Å². The summed E-state index contributed by atoms with van der Waals surface area (Å²) in [5.41, 5.74) is 1.10. The number of amides is 1. The van der Waals surface area contributed by atoms with Crippen LogP contribution in [0.1, 0.15) is 20.8 Å². The lowest BCUT2D eigenvalue weighted by molar-refractivity contribution is -0.120. The predicted molar refractivity (Wildman–Crippen MR) is 81.7 cm³/mol. The number of aromatic nitrogens is 1. The van der Waals surface area contributed by atoms with Crippen LogP contribution < -0.4 is 4.80 Å². The van der Waals surface area contributed by atoms with Gasteiger partial charge in [-0.3, -0.25) is 4.79 Å². The molecule has 5 heteroatoms. The second-order valence-electron chi connectivity index (χ2n) is 4.81. The van der Waals surface area contributed by atoms with E-state index in [1.165, 1.54) is 0 Å². The minimum Gasteiger partial charge on any atom is -0.380 e. The molecule has 0 spiro atoms. The summed E-state index contributed by atoms with van der Waals surface area (Å²) in [4.78, 5) is 16.9. The van der Waals surface area contributed by atoms with E-state index in [0.717, 1.165) is 15.0 Å². The van der Waals surface area contributed by atoms with Crippen LogP contribution in [0.25, 0.3) is 10.2 Å². The smallest absolute Gasteiger partial charge is 0.250 e. The maximum Gasteiger partial charge on any atom is 0.250 e. The normalized spacial score (nSPS) is 12.5. The molecule has 0 radical (unpaired) electrons. The molecule has 0 bridgehead atoms. The zero-order valence-corrected chi connectivity index (χ0v) is 12.9. The predicted octanol–water partition coefficient (Wildman–Crippen LogP) is 2.82. The van der Waals surface area contributed by atoms with E-state index in [0.29, 0.717) is 19.8 Å². The van der Waals surface area contributed by atoms with Crippen molar-refractivity contribution in [3.8, 4) is 0 Å². The highest BCUT2D eigenvalue weighted by molar-refractivity contribution is 7.16. The van der Waals surface area contributed by atoms with Crippen LogP contribution in [0, 0.1) is 5.92 Å². The molecule has 0 unspecified atom stereocenters. The minimum absolute atomic E-state index is 0.0817. The zero-order valence-electron chi connectivity index (χ0n) is 12.1. The monoisotopic (exact) mass is 292 g/mol. The van der Waals surface area contributed by atoms with Crippen molar-refractivity contribution >= 4 is 27.5 Å². The van der Waals surface area contributed by atoms with Crippen molar-refractivity contribution in [3.05, 3.63) is 29.1 Å². The summed E-state index contributed by atoms with van der Waals surface area (Å²) in [5.74, 6) is -0.165. The van der Waals surface area contributed by atoms with E-state index in [4.69, 9.17) is 4.74 Å². The number of hydrogen-bond donors (Lipinski definition) is 0. The van der Waals surface area contributed by atoms with E-state index >= 15 is 0 Å². The van der Waals surface area contributed by atoms with Crippen LogP contribution in [0.2, 0.25) is 0 Å². The summed E-state index contributed by atoms with van der Waals surface area (Å²) in [6.07, 6.45) is 0. The Labute approximate surface area is 122 Å². The van der Waals surface area contributed by atoms with Crippen LogP contribution in [0.4, 0.5) is 0 Å². The minimum atomic E-state index is -0.0828. The highest BCUT2D eigenvalue weighted by Crippen LogP contribution is 2.16. The Kier molecular flexibility index (Phi) is 5.09. The average molecular weight is 292 g/mol. The van der Waals surface area contributed by atoms with Gasteiger partial charge < -0.3 is 9.30 Å². The molecule has 1 heterocycles. The first kappa shape index (κ1) is 14.9. The summed E-state index contributed by atoms with van der Waals surface area (Å²) in [6.45, 7) is 7.74. The molecule has 0 atom stereocenters. The third-order valence-electron chi connectivity index (χ3n) is 2.95. The van der Waals surface area contributed by atoms with Crippen molar-refractivity contribution in [3.63, 3.8) is 0 Å². The van der Waals surface area contributed by atoms with Crippen molar-refractivity contribution < 1.29 is 9.53 Å². The molecule has 1 aromatic carbocycles. The molecule has 1 amide bonds. The molecule has 0 saturated carbocycles. The molecule has 1 aromatic heterocycles. The van der Waals surface area contributed by atoms with Gasteiger partial charge in [0.05, 0.1) is 16.8 Å². The SMILES string of the molecule is CCOCCn1c(=NC(=O)C(C)C)sc2ccccc21. The van der Waals surface area contributed by atoms with E-state index in [-0.39, 0.29) is 11.8 Å². The molecule has 0 N–H and O–H groups in total. The van der Waals surface area contributed by atoms with E-state index in [1.54, 1.807) is 11.3 Å². The van der Waals surface area contributed by atoms with E-state index in [2.05, 4.69) is 21.7 Å². The van der Waals surface area contributed by atoms with Gasteiger partial charge in [-0.25, -0.2) is 0 Å². The number of carbonyl (C=O) groups is 1. The van der Waals surface area contributed by atoms with Crippen LogP contribution in [0.3, 0.4) is 0 Å². The topological polar surface area (TPSA) is 43.6 Å². The highest BCUT2D eigenvalue weighted by atomic mass is 32.1. The van der Waals surface area contributed by atoms with Crippen LogP contribution >= 0.6 is 11.3 Å².